The molecule has 0 aliphatic heterocycles. The second-order valence-electron chi connectivity index (χ2n) is 19.8. The molecule has 0 radical (unpaired) electrons. The van der Waals surface area contributed by atoms with E-state index in [1.165, 1.54) is 186 Å². The first kappa shape index (κ1) is 63.1. The molecule has 0 aromatic heterocycles. The molecule has 0 saturated carbocycles. The predicted molar refractivity (Wildman–Crippen MR) is 282 cm³/mol. The van der Waals surface area contributed by atoms with Gasteiger partial charge in [0.25, 0.3) is 0 Å². The molecule has 0 aromatic rings. The molecule has 0 spiro atoms. The molecule has 0 aliphatic carbocycles. The SMILES string of the molecule is CCCCCCC/C=C/C=C/C=C/CCCCCC(CC(=O)NC(CO)C(O)CCCCCCCCCCCCCCCCCC)OC(=O)CCCCCCCCCCCCCCCC. The molecule has 65 heavy (non-hydrogen) atoms. The molecule has 0 saturated heterocycles. The Hall–Kier alpha value is -1.92. The summed E-state index contributed by atoms with van der Waals surface area (Å²) in [6.45, 7) is 6.49. The fraction of sp³-hybridized carbons (Fsp3) is 0.864. The second kappa shape index (κ2) is 53.0. The number of esters is 1. The third-order valence-electron chi connectivity index (χ3n) is 13.3. The van der Waals surface area contributed by atoms with Crippen LogP contribution in [0, 0.1) is 0 Å². The van der Waals surface area contributed by atoms with Gasteiger partial charge in [-0.05, 0) is 51.4 Å². The molecule has 6 heteroatoms. The standard InChI is InChI=1S/C59H111NO5/c1-4-7-10-13-16-19-22-25-28-30-32-35-38-41-44-47-50-55(65-59(64)52-49-46-43-40-37-34-27-24-21-18-15-12-9-6-3)53-58(63)60-56(54-61)57(62)51-48-45-42-39-36-33-31-29-26-23-20-17-14-11-8-5-2/h22,25,28,30,32,35,55-57,61-62H,4-21,23-24,26-27,29,31,33-34,36-54H2,1-3H3,(H,60,63)/b25-22+,30-28+,35-32+. The summed E-state index contributed by atoms with van der Waals surface area (Å²) >= 11 is 0. The van der Waals surface area contributed by atoms with Crippen LogP contribution in [0.4, 0.5) is 0 Å². The van der Waals surface area contributed by atoms with E-state index in [0.717, 1.165) is 70.6 Å². The topological polar surface area (TPSA) is 95.9 Å². The first-order chi connectivity index (χ1) is 32.0. The van der Waals surface area contributed by atoms with Crippen molar-refractivity contribution >= 4 is 11.9 Å². The maximum Gasteiger partial charge on any atom is 0.306 e. The first-order valence-corrected chi connectivity index (χ1v) is 28.7. The molecule has 6 nitrogen and oxygen atoms in total. The summed E-state index contributed by atoms with van der Waals surface area (Å²) in [6, 6.07) is -0.711. The minimum absolute atomic E-state index is 0.0592. The maximum absolute atomic E-state index is 13.3. The number of nitrogens with one attached hydrogen (secondary N) is 1. The number of ether oxygens (including phenoxy) is 1. The summed E-state index contributed by atoms with van der Waals surface area (Å²) in [5, 5.41) is 23.9. The zero-order chi connectivity index (χ0) is 47.4. The van der Waals surface area contributed by atoms with Crippen molar-refractivity contribution in [2.24, 2.45) is 0 Å². The van der Waals surface area contributed by atoms with Crippen molar-refractivity contribution in [1.29, 1.82) is 0 Å². The highest BCUT2D eigenvalue weighted by atomic mass is 16.5. The zero-order valence-electron chi connectivity index (χ0n) is 43.6. The number of hydrogen-bond donors (Lipinski definition) is 3. The summed E-state index contributed by atoms with van der Waals surface area (Å²) in [6.07, 6.45) is 63.5. The summed E-state index contributed by atoms with van der Waals surface area (Å²) in [5.74, 6) is -0.492. The van der Waals surface area contributed by atoms with Gasteiger partial charge in [0.15, 0.2) is 0 Å². The second-order valence-corrected chi connectivity index (χ2v) is 19.8. The highest BCUT2D eigenvalue weighted by Crippen LogP contribution is 2.18. The van der Waals surface area contributed by atoms with Gasteiger partial charge in [-0.3, -0.25) is 9.59 Å². The molecule has 0 aliphatic rings. The van der Waals surface area contributed by atoms with E-state index in [4.69, 9.17) is 4.74 Å². The van der Waals surface area contributed by atoms with Crippen molar-refractivity contribution in [3.05, 3.63) is 36.5 Å². The van der Waals surface area contributed by atoms with Gasteiger partial charge in [-0.2, -0.15) is 0 Å². The summed E-state index contributed by atoms with van der Waals surface area (Å²) in [7, 11) is 0. The van der Waals surface area contributed by atoms with Gasteiger partial charge in [0.05, 0.1) is 25.2 Å². The van der Waals surface area contributed by atoms with E-state index < -0.39 is 18.2 Å². The smallest absolute Gasteiger partial charge is 0.306 e. The highest BCUT2D eigenvalue weighted by Gasteiger charge is 2.24. The van der Waals surface area contributed by atoms with E-state index in [1.54, 1.807) is 0 Å². The van der Waals surface area contributed by atoms with Crippen molar-refractivity contribution in [3.63, 3.8) is 0 Å². The molecular weight excluding hydrogens is 803 g/mol. The van der Waals surface area contributed by atoms with E-state index in [0.29, 0.717) is 19.3 Å². The molecule has 3 atom stereocenters. The van der Waals surface area contributed by atoms with Gasteiger partial charge in [-0.15, -0.1) is 0 Å². The van der Waals surface area contributed by atoms with Gasteiger partial charge in [0.1, 0.15) is 6.10 Å². The van der Waals surface area contributed by atoms with Crippen molar-refractivity contribution in [1.82, 2.24) is 5.32 Å². The molecule has 0 heterocycles. The number of carbonyl (C=O) groups is 2. The van der Waals surface area contributed by atoms with Crippen LogP contribution in [0.1, 0.15) is 303 Å². The van der Waals surface area contributed by atoms with Gasteiger partial charge in [-0.25, -0.2) is 0 Å². The van der Waals surface area contributed by atoms with Crippen molar-refractivity contribution in [3.8, 4) is 0 Å². The number of carbonyl (C=O) groups excluding carboxylic acids is 2. The van der Waals surface area contributed by atoms with Crippen LogP contribution in [0.3, 0.4) is 0 Å². The quantitative estimate of drug-likeness (QED) is 0.0321. The number of unbranched alkanes of at least 4 members (excludes halogenated alkanes) is 36. The average Bonchev–Trinajstić information content (AvgIpc) is 3.30. The van der Waals surface area contributed by atoms with Crippen LogP contribution < -0.4 is 5.32 Å². The van der Waals surface area contributed by atoms with Gasteiger partial charge in [0.2, 0.25) is 5.91 Å². The van der Waals surface area contributed by atoms with E-state index in [9.17, 15) is 19.8 Å². The maximum atomic E-state index is 13.3. The van der Waals surface area contributed by atoms with Crippen molar-refractivity contribution in [2.75, 3.05) is 6.61 Å². The van der Waals surface area contributed by atoms with Crippen LogP contribution in [0.15, 0.2) is 36.5 Å². The monoisotopic (exact) mass is 914 g/mol. The lowest BCUT2D eigenvalue weighted by Gasteiger charge is -2.24. The van der Waals surface area contributed by atoms with E-state index in [1.807, 2.05) is 0 Å². The molecule has 0 bridgehead atoms. The molecule has 1 amide bonds. The lowest BCUT2D eigenvalue weighted by molar-refractivity contribution is -0.151. The summed E-state index contributed by atoms with van der Waals surface area (Å²) in [4.78, 5) is 26.2. The van der Waals surface area contributed by atoms with E-state index in [2.05, 4.69) is 62.5 Å². The number of aliphatic hydroxyl groups excluding tert-OH is 2. The number of allylic oxidation sites excluding steroid dienone is 6. The van der Waals surface area contributed by atoms with Crippen LogP contribution in [0.5, 0.6) is 0 Å². The van der Waals surface area contributed by atoms with E-state index >= 15 is 0 Å². The van der Waals surface area contributed by atoms with Gasteiger partial charge < -0.3 is 20.3 Å². The number of rotatable bonds is 52. The van der Waals surface area contributed by atoms with Crippen LogP contribution in [0.25, 0.3) is 0 Å². The molecule has 382 valence electrons. The normalized spacial score (nSPS) is 13.4. The molecule has 3 N–H and O–H groups in total. The van der Waals surface area contributed by atoms with Crippen molar-refractivity contribution in [2.45, 2.75) is 322 Å². The van der Waals surface area contributed by atoms with Crippen molar-refractivity contribution < 1.29 is 24.5 Å². The Morgan fingerprint density at radius 2 is 0.785 bits per heavy atom. The lowest BCUT2D eigenvalue weighted by Crippen LogP contribution is -2.46. The Labute approximate surface area is 404 Å². The molecule has 0 rings (SSSR count). The fourth-order valence-corrected chi connectivity index (χ4v) is 8.90. The fourth-order valence-electron chi connectivity index (χ4n) is 8.90. The third kappa shape index (κ3) is 48.3. The van der Waals surface area contributed by atoms with E-state index in [-0.39, 0.29) is 24.9 Å². The molecule has 0 aromatic carbocycles. The van der Waals surface area contributed by atoms with Gasteiger partial charge in [0, 0.05) is 6.42 Å². The summed E-state index contributed by atoms with van der Waals surface area (Å²) < 4.78 is 5.94. The minimum Gasteiger partial charge on any atom is -0.462 e. The van der Waals surface area contributed by atoms with Crippen LogP contribution >= 0.6 is 0 Å². The van der Waals surface area contributed by atoms with Gasteiger partial charge in [-0.1, -0.05) is 276 Å². The first-order valence-electron chi connectivity index (χ1n) is 28.7. The van der Waals surface area contributed by atoms with Crippen LogP contribution in [-0.4, -0.2) is 46.9 Å². The number of aliphatic hydroxyl groups is 2. The minimum atomic E-state index is -0.795. The largest absolute Gasteiger partial charge is 0.462 e. The van der Waals surface area contributed by atoms with Crippen LogP contribution in [0.2, 0.25) is 0 Å². The lowest BCUT2D eigenvalue weighted by atomic mass is 10.0. The van der Waals surface area contributed by atoms with Gasteiger partial charge >= 0.3 is 5.97 Å². The number of amides is 1. The Kier molecular flexibility index (Phi) is 51.5. The van der Waals surface area contributed by atoms with Crippen LogP contribution in [-0.2, 0) is 14.3 Å². The highest BCUT2D eigenvalue weighted by molar-refractivity contribution is 5.77. The Bertz CT molecular complexity index is 1070. The zero-order valence-corrected chi connectivity index (χ0v) is 43.6. The molecule has 3 unspecified atom stereocenters. The average molecular weight is 915 g/mol. The Balaban J connectivity index is 4.59. The third-order valence-corrected chi connectivity index (χ3v) is 13.3. The Morgan fingerprint density at radius 3 is 1.18 bits per heavy atom. The summed E-state index contributed by atoms with van der Waals surface area (Å²) in [5.41, 5.74) is 0. The molecular formula is C59H111NO5. The predicted octanol–water partition coefficient (Wildman–Crippen LogP) is 17.6. The molecule has 0 fully saturated rings. The number of hydrogen-bond acceptors (Lipinski definition) is 5. The Morgan fingerprint density at radius 1 is 0.446 bits per heavy atom.